The fraction of sp³-hybridized carbons (Fsp3) is 0.467. The highest BCUT2D eigenvalue weighted by Crippen LogP contribution is 2.30. The number of benzene rings is 1. The minimum Gasteiger partial charge on any atom is -0.334 e. The van der Waals surface area contributed by atoms with Gasteiger partial charge >= 0.3 is 18.0 Å². The number of nitrogens with one attached hydrogen (secondary N) is 1. The molecule has 0 bridgehead atoms. The van der Waals surface area contributed by atoms with Gasteiger partial charge < -0.3 is 10.2 Å². The van der Waals surface area contributed by atoms with Gasteiger partial charge in [0.15, 0.2) is 0 Å². The Hall–Kier alpha value is -2.05. The minimum atomic E-state index is -4.49. The van der Waals surface area contributed by atoms with Gasteiger partial charge in [-0.1, -0.05) is 13.0 Å². The first-order valence-corrected chi connectivity index (χ1v) is 7.05. The highest BCUT2D eigenvalue weighted by molar-refractivity contribution is 6.39. The number of halogens is 3. The van der Waals surface area contributed by atoms with Crippen molar-refractivity contribution in [3.8, 4) is 0 Å². The summed E-state index contributed by atoms with van der Waals surface area (Å²) >= 11 is 0. The minimum absolute atomic E-state index is 0.0433. The highest BCUT2D eigenvalue weighted by atomic mass is 19.4. The number of alkyl halides is 3. The maximum Gasteiger partial charge on any atom is 0.416 e. The van der Waals surface area contributed by atoms with Gasteiger partial charge in [-0.25, -0.2) is 0 Å². The number of likely N-dealkylation sites (tertiary alicyclic amines) is 1. The van der Waals surface area contributed by atoms with Gasteiger partial charge in [0.1, 0.15) is 0 Å². The van der Waals surface area contributed by atoms with Crippen molar-refractivity contribution >= 4 is 17.5 Å². The molecule has 0 aromatic heterocycles. The highest BCUT2D eigenvalue weighted by Gasteiger charge is 2.31. The molecule has 1 N–H and O–H groups in total. The van der Waals surface area contributed by atoms with Gasteiger partial charge in [-0.05, 0) is 37.0 Å². The van der Waals surface area contributed by atoms with Crippen LogP contribution in [-0.4, -0.2) is 29.8 Å². The Morgan fingerprint density at radius 1 is 1.32 bits per heavy atom. The number of piperidine rings is 1. The molecule has 22 heavy (non-hydrogen) atoms. The summed E-state index contributed by atoms with van der Waals surface area (Å²) in [5, 5.41) is 2.24. The van der Waals surface area contributed by atoms with E-state index in [0.717, 1.165) is 25.0 Å². The van der Waals surface area contributed by atoms with Crippen LogP contribution in [0, 0.1) is 5.92 Å². The zero-order chi connectivity index (χ0) is 16.3. The second kappa shape index (κ2) is 6.37. The number of carbonyl (C=O) groups excluding carboxylic acids is 2. The van der Waals surface area contributed by atoms with E-state index in [9.17, 15) is 22.8 Å². The maximum atomic E-state index is 12.6. The first kappa shape index (κ1) is 16.3. The molecule has 0 aliphatic carbocycles. The molecule has 0 saturated carbocycles. The Labute approximate surface area is 126 Å². The number of rotatable bonds is 1. The van der Waals surface area contributed by atoms with Gasteiger partial charge in [-0.2, -0.15) is 13.2 Å². The van der Waals surface area contributed by atoms with E-state index >= 15 is 0 Å². The van der Waals surface area contributed by atoms with Crippen LogP contribution < -0.4 is 5.32 Å². The van der Waals surface area contributed by atoms with E-state index in [1.165, 1.54) is 17.0 Å². The van der Waals surface area contributed by atoms with Gasteiger partial charge in [0.05, 0.1) is 5.56 Å². The molecule has 1 aromatic carbocycles. The second-order valence-electron chi connectivity index (χ2n) is 5.53. The maximum absolute atomic E-state index is 12.6. The third-order valence-corrected chi connectivity index (χ3v) is 3.59. The normalized spacial score (nSPS) is 18.9. The summed E-state index contributed by atoms with van der Waals surface area (Å²) in [6.45, 7) is 2.98. The molecule has 7 heteroatoms. The van der Waals surface area contributed by atoms with Crippen molar-refractivity contribution in [1.82, 2.24) is 4.90 Å². The standard InChI is InChI=1S/C15H17F3N2O2/c1-10-4-3-7-20(9-10)14(22)13(21)19-12-6-2-5-11(8-12)15(16,17)18/h2,5-6,8,10H,3-4,7,9H2,1H3,(H,19,21). The Balaban J connectivity index is 2.04. The molecule has 1 heterocycles. The predicted octanol–water partition coefficient (Wildman–Crippen LogP) is 2.90. The van der Waals surface area contributed by atoms with Crippen molar-refractivity contribution in [2.24, 2.45) is 5.92 Å². The zero-order valence-corrected chi connectivity index (χ0v) is 12.1. The van der Waals surface area contributed by atoms with Gasteiger partial charge in [0.2, 0.25) is 0 Å². The number of nitrogens with zero attached hydrogens (tertiary/aromatic N) is 1. The largest absolute Gasteiger partial charge is 0.416 e. The Morgan fingerprint density at radius 3 is 2.68 bits per heavy atom. The van der Waals surface area contributed by atoms with Crippen LogP contribution in [0.3, 0.4) is 0 Å². The molecule has 0 radical (unpaired) electrons. The molecular weight excluding hydrogens is 297 g/mol. The summed E-state index contributed by atoms with van der Waals surface area (Å²) < 4.78 is 37.8. The average Bonchev–Trinajstić information content (AvgIpc) is 2.46. The van der Waals surface area contributed by atoms with Crippen molar-refractivity contribution < 1.29 is 22.8 Å². The smallest absolute Gasteiger partial charge is 0.334 e. The van der Waals surface area contributed by atoms with E-state index in [2.05, 4.69) is 5.32 Å². The molecule has 1 atom stereocenters. The van der Waals surface area contributed by atoms with Crippen molar-refractivity contribution in [3.63, 3.8) is 0 Å². The van der Waals surface area contributed by atoms with E-state index in [1.807, 2.05) is 6.92 Å². The fourth-order valence-electron chi connectivity index (χ4n) is 2.48. The van der Waals surface area contributed by atoms with Crippen molar-refractivity contribution in [2.45, 2.75) is 25.9 Å². The summed E-state index contributed by atoms with van der Waals surface area (Å²) in [5.41, 5.74) is -0.914. The number of amides is 2. The molecular formula is C15H17F3N2O2. The molecule has 1 aromatic rings. The molecule has 1 aliphatic heterocycles. The molecule has 1 aliphatic rings. The molecule has 2 rings (SSSR count). The lowest BCUT2D eigenvalue weighted by atomic mass is 10.0. The van der Waals surface area contributed by atoms with Gasteiger partial charge in [-0.15, -0.1) is 0 Å². The van der Waals surface area contributed by atoms with Crippen molar-refractivity contribution in [3.05, 3.63) is 29.8 Å². The molecule has 1 saturated heterocycles. The molecule has 2 amide bonds. The van der Waals surface area contributed by atoms with Crippen LogP contribution in [0.5, 0.6) is 0 Å². The van der Waals surface area contributed by atoms with Crippen LogP contribution in [0.2, 0.25) is 0 Å². The Morgan fingerprint density at radius 2 is 2.05 bits per heavy atom. The quantitative estimate of drug-likeness (QED) is 0.810. The van der Waals surface area contributed by atoms with Crippen molar-refractivity contribution in [1.29, 1.82) is 0 Å². The lowest BCUT2D eigenvalue weighted by Crippen LogP contribution is -2.44. The van der Waals surface area contributed by atoms with E-state index in [-0.39, 0.29) is 5.69 Å². The van der Waals surface area contributed by atoms with E-state index < -0.39 is 23.6 Å². The van der Waals surface area contributed by atoms with Crippen LogP contribution >= 0.6 is 0 Å². The van der Waals surface area contributed by atoms with E-state index in [4.69, 9.17) is 0 Å². The predicted molar refractivity (Wildman–Crippen MR) is 75.1 cm³/mol. The number of hydrogen-bond acceptors (Lipinski definition) is 2. The van der Waals surface area contributed by atoms with Crippen LogP contribution in [0.25, 0.3) is 0 Å². The summed E-state index contributed by atoms with van der Waals surface area (Å²) in [6.07, 6.45) is -2.67. The third kappa shape index (κ3) is 3.99. The Bertz CT molecular complexity index is 572. The average molecular weight is 314 g/mol. The molecule has 1 fully saturated rings. The van der Waals surface area contributed by atoms with Gasteiger partial charge in [0, 0.05) is 18.8 Å². The Kier molecular flexibility index (Phi) is 4.73. The van der Waals surface area contributed by atoms with Gasteiger partial charge in [-0.3, -0.25) is 9.59 Å². The molecule has 1 unspecified atom stereocenters. The monoisotopic (exact) mass is 314 g/mol. The number of hydrogen-bond donors (Lipinski definition) is 1. The third-order valence-electron chi connectivity index (χ3n) is 3.59. The summed E-state index contributed by atoms with van der Waals surface area (Å²) in [6, 6.07) is 4.22. The summed E-state index contributed by atoms with van der Waals surface area (Å²) in [4.78, 5) is 25.4. The molecule has 120 valence electrons. The lowest BCUT2D eigenvalue weighted by Gasteiger charge is -2.30. The van der Waals surface area contributed by atoms with E-state index in [0.29, 0.717) is 19.0 Å². The van der Waals surface area contributed by atoms with Gasteiger partial charge in [0.25, 0.3) is 0 Å². The van der Waals surface area contributed by atoms with Crippen LogP contribution in [-0.2, 0) is 15.8 Å². The topological polar surface area (TPSA) is 49.4 Å². The number of carbonyl (C=O) groups is 2. The first-order valence-electron chi connectivity index (χ1n) is 7.05. The number of anilines is 1. The molecule has 4 nitrogen and oxygen atoms in total. The molecule has 0 spiro atoms. The summed E-state index contributed by atoms with van der Waals surface area (Å²) in [7, 11) is 0. The first-order chi connectivity index (χ1) is 10.3. The summed E-state index contributed by atoms with van der Waals surface area (Å²) in [5.74, 6) is -1.29. The fourth-order valence-corrected chi connectivity index (χ4v) is 2.48. The second-order valence-corrected chi connectivity index (χ2v) is 5.53. The SMILES string of the molecule is CC1CCCN(C(=O)C(=O)Nc2cccc(C(F)(F)F)c2)C1. The lowest BCUT2D eigenvalue weighted by molar-refractivity contribution is -0.144. The zero-order valence-electron chi connectivity index (χ0n) is 12.1. The van der Waals surface area contributed by atoms with Crippen LogP contribution in [0.4, 0.5) is 18.9 Å². The van der Waals surface area contributed by atoms with Crippen LogP contribution in [0.15, 0.2) is 24.3 Å². The van der Waals surface area contributed by atoms with Crippen molar-refractivity contribution in [2.75, 3.05) is 18.4 Å². The van der Waals surface area contributed by atoms with E-state index in [1.54, 1.807) is 0 Å². The van der Waals surface area contributed by atoms with Crippen LogP contribution in [0.1, 0.15) is 25.3 Å².